The Morgan fingerprint density at radius 2 is 2.00 bits per heavy atom. The molecule has 22 heavy (non-hydrogen) atoms. The van der Waals surface area contributed by atoms with Crippen LogP contribution in [0.4, 0.5) is 5.82 Å². The molecule has 5 heteroatoms. The highest BCUT2D eigenvalue weighted by molar-refractivity contribution is 6.03. The van der Waals surface area contributed by atoms with E-state index in [2.05, 4.69) is 21.3 Å². The van der Waals surface area contributed by atoms with Crippen LogP contribution in [-0.4, -0.2) is 29.1 Å². The maximum absolute atomic E-state index is 12.1. The molecule has 1 aromatic carbocycles. The first-order valence-electron chi connectivity index (χ1n) is 7.43. The van der Waals surface area contributed by atoms with Crippen LogP contribution in [0.2, 0.25) is 0 Å². The topological polar surface area (TPSA) is 61.0 Å². The molecule has 0 spiro atoms. The summed E-state index contributed by atoms with van der Waals surface area (Å²) in [4.78, 5) is 22.1. The number of nitrogens with one attached hydrogen (secondary N) is 2. The first-order valence-corrected chi connectivity index (χ1v) is 7.43. The average Bonchev–Trinajstić information content (AvgIpc) is 3.18. The minimum atomic E-state index is -0.0650. The Morgan fingerprint density at radius 3 is 2.77 bits per heavy atom. The van der Waals surface area contributed by atoms with Gasteiger partial charge in [-0.1, -0.05) is 18.2 Å². The van der Waals surface area contributed by atoms with Gasteiger partial charge in [0.15, 0.2) is 0 Å². The Morgan fingerprint density at radius 1 is 1.14 bits per heavy atom. The van der Waals surface area contributed by atoms with E-state index < -0.39 is 0 Å². The van der Waals surface area contributed by atoms with E-state index in [0.29, 0.717) is 11.4 Å². The van der Waals surface area contributed by atoms with Gasteiger partial charge in [-0.05, 0) is 24.3 Å². The van der Waals surface area contributed by atoms with Crippen LogP contribution in [0.3, 0.4) is 0 Å². The molecule has 5 nitrogen and oxygen atoms in total. The number of pyridine rings is 2. The van der Waals surface area contributed by atoms with Crippen LogP contribution < -0.4 is 15.8 Å². The maximum atomic E-state index is 12.1. The first kappa shape index (κ1) is 11.9. The summed E-state index contributed by atoms with van der Waals surface area (Å²) in [6, 6.07) is 12.0. The number of anilines is 1. The third kappa shape index (κ3) is 1.57. The normalized spacial score (nSPS) is 20.1. The highest BCUT2D eigenvalue weighted by Crippen LogP contribution is 2.29. The van der Waals surface area contributed by atoms with Gasteiger partial charge in [-0.15, -0.1) is 0 Å². The minimum absolute atomic E-state index is 0.0650. The summed E-state index contributed by atoms with van der Waals surface area (Å²) in [5.41, 5.74) is 2.85. The van der Waals surface area contributed by atoms with Gasteiger partial charge in [0.05, 0.1) is 11.0 Å². The Labute approximate surface area is 126 Å². The molecule has 0 fully saturated rings. The summed E-state index contributed by atoms with van der Waals surface area (Å²) in [5.74, 6) is 0.944. The van der Waals surface area contributed by atoms with Crippen molar-refractivity contribution < 1.29 is 0 Å². The van der Waals surface area contributed by atoms with Gasteiger partial charge < -0.3 is 15.2 Å². The lowest BCUT2D eigenvalue weighted by atomic mass is 10.1. The van der Waals surface area contributed by atoms with Gasteiger partial charge in [-0.3, -0.25) is 4.79 Å². The van der Waals surface area contributed by atoms with E-state index in [1.54, 1.807) is 0 Å². The third-order valence-electron chi connectivity index (χ3n) is 4.50. The summed E-state index contributed by atoms with van der Waals surface area (Å²) in [5, 5.41) is 5.01. The zero-order chi connectivity index (χ0) is 14.7. The van der Waals surface area contributed by atoms with Crippen molar-refractivity contribution in [3.05, 3.63) is 58.5 Å². The van der Waals surface area contributed by atoms with Crippen molar-refractivity contribution in [2.45, 2.75) is 6.04 Å². The fraction of sp³-hybridized carbons (Fsp3) is 0.176. The molecule has 4 heterocycles. The molecule has 2 aliphatic rings. The van der Waals surface area contributed by atoms with Crippen molar-refractivity contribution in [1.82, 2.24) is 15.3 Å². The summed E-state index contributed by atoms with van der Waals surface area (Å²) in [6.07, 6.45) is 2.26. The van der Waals surface area contributed by atoms with Crippen LogP contribution in [0.15, 0.2) is 53.0 Å². The van der Waals surface area contributed by atoms with Crippen LogP contribution >= 0.6 is 0 Å². The summed E-state index contributed by atoms with van der Waals surface area (Å²) in [6.45, 7) is 1.83. The Balaban J connectivity index is 1.76. The Hall–Kier alpha value is -2.66. The lowest BCUT2D eigenvalue weighted by Gasteiger charge is -2.27. The van der Waals surface area contributed by atoms with Crippen LogP contribution in [0.1, 0.15) is 0 Å². The Kier molecular flexibility index (Phi) is 2.27. The number of aromatic nitrogens is 2. The third-order valence-corrected chi connectivity index (χ3v) is 4.50. The molecule has 108 valence electrons. The SMILES string of the molecule is O=c1[nH]c2ccc(N3C[C@@H]4C=C3CN4)nc2c2ccccc12. The largest absolute Gasteiger partial charge is 0.327 e. The minimum Gasteiger partial charge on any atom is -0.327 e. The molecule has 0 saturated heterocycles. The zero-order valence-electron chi connectivity index (χ0n) is 11.8. The molecule has 0 amide bonds. The number of aromatic amines is 1. The maximum Gasteiger partial charge on any atom is 0.256 e. The van der Waals surface area contributed by atoms with E-state index in [0.717, 1.165) is 35.3 Å². The van der Waals surface area contributed by atoms with Crippen LogP contribution in [0, 0.1) is 0 Å². The number of benzene rings is 1. The number of nitrogens with zero attached hydrogens (tertiary/aromatic N) is 2. The van der Waals surface area contributed by atoms with Crippen LogP contribution in [0.25, 0.3) is 21.8 Å². The van der Waals surface area contributed by atoms with Gasteiger partial charge >= 0.3 is 0 Å². The lowest BCUT2D eigenvalue weighted by Crippen LogP contribution is -2.40. The van der Waals surface area contributed by atoms with Gasteiger partial charge in [0.1, 0.15) is 5.82 Å². The molecule has 3 aromatic rings. The Bertz CT molecular complexity index is 1000. The van der Waals surface area contributed by atoms with Crippen molar-refractivity contribution in [1.29, 1.82) is 0 Å². The van der Waals surface area contributed by atoms with Crippen LogP contribution in [-0.2, 0) is 0 Å². The number of rotatable bonds is 1. The molecule has 0 unspecified atom stereocenters. The van der Waals surface area contributed by atoms with E-state index in [9.17, 15) is 4.79 Å². The van der Waals surface area contributed by atoms with Gasteiger partial charge in [0.2, 0.25) is 0 Å². The van der Waals surface area contributed by atoms with E-state index in [1.807, 2.05) is 36.4 Å². The molecule has 0 saturated carbocycles. The summed E-state index contributed by atoms with van der Waals surface area (Å²) < 4.78 is 0. The summed E-state index contributed by atoms with van der Waals surface area (Å²) >= 11 is 0. The number of H-pyrrole nitrogens is 1. The standard InChI is InChI=1S/C17H14N4O/c22-17-13-4-2-1-3-12(13)16-14(19-17)5-6-15(20-16)21-9-10-7-11(21)8-18-10/h1-7,10,18H,8-9H2,(H,19,22)/t10-/m0/s1. The van der Waals surface area contributed by atoms with Crippen molar-refractivity contribution in [3.8, 4) is 0 Å². The second kappa shape index (κ2) is 4.18. The summed E-state index contributed by atoms with van der Waals surface area (Å²) in [7, 11) is 0. The molecule has 5 rings (SSSR count). The predicted molar refractivity (Wildman–Crippen MR) is 87.1 cm³/mol. The number of hydrogen-bond donors (Lipinski definition) is 2. The molecule has 0 radical (unpaired) electrons. The predicted octanol–water partition coefficient (Wildman–Crippen LogP) is 1.75. The fourth-order valence-electron chi connectivity index (χ4n) is 3.43. The lowest BCUT2D eigenvalue weighted by molar-refractivity contribution is 0.620. The smallest absolute Gasteiger partial charge is 0.256 e. The van der Waals surface area contributed by atoms with Gasteiger partial charge in [-0.2, -0.15) is 0 Å². The monoisotopic (exact) mass is 290 g/mol. The van der Waals surface area contributed by atoms with E-state index in [-0.39, 0.29) is 5.56 Å². The molecule has 2 aromatic heterocycles. The highest BCUT2D eigenvalue weighted by Gasteiger charge is 2.30. The quantitative estimate of drug-likeness (QED) is 0.670. The second-order valence-corrected chi connectivity index (χ2v) is 5.82. The molecular weight excluding hydrogens is 276 g/mol. The van der Waals surface area contributed by atoms with Crippen LogP contribution in [0.5, 0.6) is 0 Å². The highest BCUT2D eigenvalue weighted by atomic mass is 16.1. The second-order valence-electron chi connectivity index (χ2n) is 5.82. The van der Waals surface area contributed by atoms with Gasteiger partial charge in [0, 0.05) is 35.6 Å². The number of hydrogen-bond acceptors (Lipinski definition) is 4. The molecule has 0 aliphatic carbocycles. The van der Waals surface area contributed by atoms with Crippen molar-refractivity contribution in [2.75, 3.05) is 18.0 Å². The number of fused-ring (bicyclic) bond motifs is 4. The average molecular weight is 290 g/mol. The molecule has 2 N–H and O–H groups in total. The van der Waals surface area contributed by atoms with Crippen molar-refractivity contribution in [3.63, 3.8) is 0 Å². The van der Waals surface area contributed by atoms with Crippen molar-refractivity contribution >= 4 is 27.6 Å². The first-order chi connectivity index (χ1) is 10.8. The molecule has 1 atom stereocenters. The molecular formula is C17H14N4O. The fourth-order valence-corrected chi connectivity index (χ4v) is 3.43. The van der Waals surface area contributed by atoms with E-state index in [1.165, 1.54) is 5.70 Å². The van der Waals surface area contributed by atoms with Crippen molar-refractivity contribution in [2.24, 2.45) is 0 Å². The molecule has 2 bridgehead atoms. The van der Waals surface area contributed by atoms with Gasteiger partial charge in [0.25, 0.3) is 5.56 Å². The molecule has 2 aliphatic heterocycles. The van der Waals surface area contributed by atoms with E-state index in [4.69, 9.17) is 4.98 Å². The van der Waals surface area contributed by atoms with E-state index >= 15 is 0 Å². The zero-order valence-corrected chi connectivity index (χ0v) is 11.8. The van der Waals surface area contributed by atoms with Gasteiger partial charge in [-0.25, -0.2) is 4.98 Å². The number of piperazine rings is 1.